The van der Waals surface area contributed by atoms with E-state index >= 15 is 0 Å². The number of benzene rings is 1. The van der Waals surface area contributed by atoms with Crippen LogP contribution in [-0.2, 0) is 4.79 Å². The summed E-state index contributed by atoms with van der Waals surface area (Å²) in [4.78, 5) is 11.5. The standard InChI is InChI=1S/C13H14O2/c1-4-10(3)13(14)15-12-9-7-6-8-11(12)5-2/h4-9H,2H2,1,3H3/b10-4+. The molecule has 0 aliphatic carbocycles. The third kappa shape index (κ3) is 2.81. The number of para-hydroxylation sites is 1. The Morgan fingerprint density at radius 2 is 2.07 bits per heavy atom. The monoisotopic (exact) mass is 202 g/mol. The maximum absolute atomic E-state index is 11.5. The summed E-state index contributed by atoms with van der Waals surface area (Å²) in [6.45, 7) is 7.18. The summed E-state index contributed by atoms with van der Waals surface area (Å²) in [6.07, 6.45) is 3.38. The molecule has 1 aromatic rings. The van der Waals surface area contributed by atoms with Crippen molar-refractivity contribution in [3.05, 3.63) is 48.1 Å². The zero-order valence-corrected chi connectivity index (χ0v) is 8.99. The topological polar surface area (TPSA) is 26.3 Å². The molecule has 0 aliphatic rings. The van der Waals surface area contributed by atoms with E-state index in [0.29, 0.717) is 11.3 Å². The van der Waals surface area contributed by atoms with E-state index in [1.807, 2.05) is 18.2 Å². The molecule has 0 saturated carbocycles. The van der Waals surface area contributed by atoms with Crippen molar-refractivity contribution in [3.63, 3.8) is 0 Å². The predicted molar refractivity (Wildman–Crippen MR) is 61.6 cm³/mol. The van der Waals surface area contributed by atoms with E-state index in [-0.39, 0.29) is 5.97 Å². The van der Waals surface area contributed by atoms with Gasteiger partial charge in [0.1, 0.15) is 5.75 Å². The van der Waals surface area contributed by atoms with E-state index in [1.165, 1.54) is 0 Å². The van der Waals surface area contributed by atoms with Crippen LogP contribution in [0.15, 0.2) is 42.5 Å². The van der Waals surface area contributed by atoms with E-state index in [2.05, 4.69) is 6.58 Å². The average Bonchev–Trinajstić information content (AvgIpc) is 2.28. The van der Waals surface area contributed by atoms with Crippen molar-refractivity contribution < 1.29 is 9.53 Å². The van der Waals surface area contributed by atoms with Crippen LogP contribution < -0.4 is 4.74 Å². The van der Waals surface area contributed by atoms with Crippen LogP contribution >= 0.6 is 0 Å². The zero-order chi connectivity index (χ0) is 11.3. The van der Waals surface area contributed by atoms with Crippen LogP contribution in [0.3, 0.4) is 0 Å². The number of carbonyl (C=O) groups is 1. The first kappa shape index (κ1) is 11.2. The lowest BCUT2D eigenvalue weighted by molar-refractivity contribution is -0.130. The van der Waals surface area contributed by atoms with Gasteiger partial charge in [-0.05, 0) is 19.9 Å². The van der Waals surface area contributed by atoms with Crippen LogP contribution in [0.4, 0.5) is 0 Å². The Bertz CT molecular complexity index is 403. The smallest absolute Gasteiger partial charge is 0.338 e. The number of rotatable bonds is 3. The molecule has 0 heterocycles. The van der Waals surface area contributed by atoms with E-state index in [4.69, 9.17) is 4.74 Å². The van der Waals surface area contributed by atoms with Gasteiger partial charge in [-0.25, -0.2) is 4.79 Å². The van der Waals surface area contributed by atoms with Crippen molar-refractivity contribution in [3.8, 4) is 5.75 Å². The van der Waals surface area contributed by atoms with Crippen molar-refractivity contribution in [2.45, 2.75) is 13.8 Å². The summed E-state index contributed by atoms with van der Waals surface area (Å²) >= 11 is 0. The van der Waals surface area contributed by atoms with Gasteiger partial charge in [0.25, 0.3) is 0 Å². The van der Waals surface area contributed by atoms with Crippen LogP contribution in [0.2, 0.25) is 0 Å². The lowest BCUT2D eigenvalue weighted by Crippen LogP contribution is -2.09. The Morgan fingerprint density at radius 1 is 1.40 bits per heavy atom. The maximum atomic E-state index is 11.5. The Hall–Kier alpha value is -1.83. The average molecular weight is 202 g/mol. The third-order valence-electron chi connectivity index (χ3n) is 2.10. The fraction of sp³-hybridized carbons (Fsp3) is 0.154. The lowest BCUT2D eigenvalue weighted by Gasteiger charge is -2.06. The van der Waals surface area contributed by atoms with Crippen molar-refractivity contribution in [1.29, 1.82) is 0 Å². The molecule has 0 N–H and O–H groups in total. The molecule has 15 heavy (non-hydrogen) atoms. The molecule has 1 rings (SSSR count). The Morgan fingerprint density at radius 3 is 2.67 bits per heavy atom. The van der Waals surface area contributed by atoms with Gasteiger partial charge in [0, 0.05) is 11.1 Å². The summed E-state index contributed by atoms with van der Waals surface area (Å²) in [5.41, 5.74) is 1.41. The van der Waals surface area contributed by atoms with E-state index in [1.54, 1.807) is 32.1 Å². The highest BCUT2D eigenvalue weighted by molar-refractivity contribution is 5.89. The Balaban J connectivity index is 2.90. The number of hydrogen-bond donors (Lipinski definition) is 0. The van der Waals surface area contributed by atoms with Crippen LogP contribution in [0.1, 0.15) is 19.4 Å². The van der Waals surface area contributed by atoms with Gasteiger partial charge in [0.05, 0.1) is 0 Å². The molecule has 0 atom stereocenters. The lowest BCUT2D eigenvalue weighted by atomic mass is 10.2. The normalized spacial score (nSPS) is 10.9. The molecule has 0 bridgehead atoms. The molecule has 2 heteroatoms. The highest BCUT2D eigenvalue weighted by atomic mass is 16.5. The molecular weight excluding hydrogens is 188 g/mol. The molecule has 0 saturated heterocycles. The molecule has 78 valence electrons. The number of hydrogen-bond acceptors (Lipinski definition) is 2. The van der Waals surface area contributed by atoms with Gasteiger partial charge in [-0.1, -0.05) is 36.9 Å². The zero-order valence-electron chi connectivity index (χ0n) is 8.99. The Labute approximate surface area is 89.9 Å². The quantitative estimate of drug-likeness (QED) is 0.427. The highest BCUT2D eigenvalue weighted by Crippen LogP contribution is 2.19. The van der Waals surface area contributed by atoms with Gasteiger partial charge in [-0.2, -0.15) is 0 Å². The fourth-order valence-electron chi connectivity index (χ4n) is 1.04. The minimum Gasteiger partial charge on any atom is -0.423 e. The van der Waals surface area contributed by atoms with E-state index < -0.39 is 0 Å². The van der Waals surface area contributed by atoms with Gasteiger partial charge < -0.3 is 4.74 Å². The third-order valence-corrected chi connectivity index (χ3v) is 2.10. The summed E-state index contributed by atoms with van der Waals surface area (Å²) in [5, 5.41) is 0. The molecule has 2 nitrogen and oxygen atoms in total. The van der Waals surface area contributed by atoms with Crippen LogP contribution in [-0.4, -0.2) is 5.97 Å². The summed E-state index contributed by atoms with van der Waals surface area (Å²) < 4.78 is 5.21. The second-order valence-electron chi connectivity index (χ2n) is 3.10. The fourth-order valence-corrected chi connectivity index (χ4v) is 1.04. The Kier molecular flexibility index (Phi) is 3.86. The highest BCUT2D eigenvalue weighted by Gasteiger charge is 2.08. The second kappa shape index (κ2) is 5.15. The molecule has 0 aromatic heterocycles. The molecule has 0 spiro atoms. The summed E-state index contributed by atoms with van der Waals surface area (Å²) in [5.74, 6) is 0.213. The largest absolute Gasteiger partial charge is 0.423 e. The van der Waals surface area contributed by atoms with Gasteiger partial charge in [-0.15, -0.1) is 0 Å². The molecule has 0 unspecified atom stereocenters. The first-order chi connectivity index (χ1) is 7.19. The minimum atomic E-state index is -0.327. The summed E-state index contributed by atoms with van der Waals surface area (Å²) in [6, 6.07) is 7.29. The first-order valence-corrected chi connectivity index (χ1v) is 4.75. The van der Waals surface area contributed by atoms with Crippen molar-refractivity contribution in [2.75, 3.05) is 0 Å². The van der Waals surface area contributed by atoms with Gasteiger partial charge in [0.2, 0.25) is 0 Å². The maximum Gasteiger partial charge on any atom is 0.338 e. The van der Waals surface area contributed by atoms with Crippen molar-refractivity contribution in [1.82, 2.24) is 0 Å². The first-order valence-electron chi connectivity index (χ1n) is 4.75. The minimum absolute atomic E-state index is 0.327. The predicted octanol–water partition coefficient (Wildman–Crippen LogP) is 3.20. The second-order valence-corrected chi connectivity index (χ2v) is 3.10. The van der Waals surface area contributed by atoms with Crippen molar-refractivity contribution in [2.24, 2.45) is 0 Å². The molecule has 0 radical (unpaired) electrons. The SMILES string of the molecule is C=Cc1ccccc1OC(=O)/C(C)=C/C. The molecule has 0 fully saturated rings. The molecule has 0 aliphatic heterocycles. The molecular formula is C13H14O2. The van der Waals surface area contributed by atoms with Crippen LogP contribution in [0.5, 0.6) is 5.75 Å². The molecule has 0 amide bonds. The van der Waals surface area contributed by atoms with Crippen LogP contribution in [0, 0.1) is 0 Å². The number of esters is 1. The number of allylic oxidation sites excluding steroid dienone is 1. The van der Waals surface area contributed by atoms with Crippen LogP contribution in [0.25, 0.3) is 6.08 Å². The molecule has 1 aromatic carbocycles. The van der Waals surface area contributed by atoms with E-state index in [9.17, 15) is 4.79 Å². The van der Waals surface area contributed by atoms with Crippen molar-refractivity contribution >= 4 is 12.0 Å². The number of ether oxygens (including phenoxy) is 1. The summed E-state index contributed by atoms with van der Waals surface area (Å²) in [7, 11) is 0. The van der Waals surface area contributed by atoms with Gasteiger partial charge in [0.15, 0.2) is 0 Å². The van der Waals surface area contributed by atoms with Gasteiger partial charge in [-0.3, -0.25) is 0 Å². The number of carbonyl (C=O) groups excluding carboxylic acids is 1. The van der Waals surface area contributed by atoms with E-state index in [0.717, 1.165) is 5.56 Å². The van der Waals surface area contributed by atoms with Gasteiger partial charge >= 0.3 is 5.97 Å².